The van der Waals surface area contributed by atoms with Crippen LogP contribution in [-0.2, 0) is 50.1 Å². The molecule has 1 fully saturated rings. The first-order valence-electron chi connectivity index (χ1n) is 13.9. The van der Waals surface area contributed by atoms with Crippen molar-refractivity contribution in [3.05, 3.63) is 156 Å². The fourth-order valence-corrected chi connectivity index (χ4v) is 4.79. The quantitative estimate of drug-likeness (QED) is 0.175. The first-order valence-corrected chi connectivity index (χ1v) is 13.9. The van der Waals surface area contributed by atoms with Crippen LogP contribution in [0.1, 0.15) is 22.3 Å². The first-order chi connectivity index (χ1) is 20.3. The molecule has 0 aliphatic carbocycles. The molecular formula is C35H35FO5. The van der Waals surface area contributed by atoms with Gasteiger partial charge in [-0.15, -0.1) is 0 Å². The molecule has 0 spiro atoms. The van der Waals surface area contributed by atoms with Gasteiger partial charge in [0.05, 0.1) is 33.0 Å². The highest BCUT2D eigenvalue weighted by Crippen LogP contribution is 2.33. The van der Waals surface area contributed by atoms with Gasteiger partial charge in [0.1, 0.15) is 24.6 Å². The van der Waals surface area contributed by atoms with Gasteiger partial charge in [0.2, 0.25) is 0 Å². The number of benzene rings is 4. The summed E-state index contributed by atoms with van der Waals surface area (Å²) in [5.74, 6) is 0.0619. The third-order valence-electron chi connectivity index (χ3n) is 6.90. The molecule has 212 valence electrons. The highest BCUT2D eigenvalue weighted by Gasteiger charge is 2.46. The number of hydrogen-bond donors (Lipinski definition) is 0. The van der Waals surface area contributed by atoms with Crippen LogP contribution in [0.5, 0.6) is 0 Å². The van der Waals surface area contributed by atoms with Crippen molar-refractivity contribution in [3.63, 3.8) is 0 Å². The third-order valence-corrected chi connectivity index (χ3v) is 6.90. The largest absolute Gasteiger partial charge is 0.484 e. The van der Waals surface area contributed by atoms with E-state index in [9.17, 15) is 4.39 Å². The van der Waals surface area contributed by atoms with Gasteiger partial charge in [-0.05, 0) is 22.3 Å². The van der Waals surface area contributed by atoms with E-state index in [1.807, 2.05) is 121 Å². The van der Waals surface area contributed by atoms with E-state index in [0.29, 0.717) is 26.2 Å². The predicted octanol–water partition coefficient (Wildman–Crippen LogP) is 7.17. The van der Waals surface area contributed by atoms with Crippen molar-refractivity contribution in [2.45, 2.75) is 50.8 Å². The van der Waals surface area contributed by atoms with E-state index in [-0.39, 0.29) is 19.0 Å². The van der Waals surface area contributed by atoms with Crippen molar-refractivity contribution in [1.82, 2.24) is 0 Å². The van der Waals surface area contributed by atoms with Crippen molar-refractivity contribution in [2.24, 2.45) is 0 Å². The molecular weight excluding hydrogens is 519 g/mol. The summed E-state index contributed by atoms with van der Waals surface area (Å²) in [5.41, 5.74) is 3.99. The Morgan fingerprint density at radius 3 is 1.41 bits per heavy atom. The number of halogens is 1. The topological polar surface area (TPSA) is 46.2 Å². The lowest BCUT2D eigenvalue weighted by Crippen LogP contribution is -2.56. The van der Waals surface area contributed by atoms with E-state index in [0.717, 1.165) is 22.3 Å². The molecule has 0 radical (unpaired) electrons. The van der Waals surface area contributed by atoms with Gasteiger partial charge in [0.25, 0.3) is 0 Å². The van der Waals surface area contributed by atoms with E-state index in [1.54, 1.807) is 0 Å². The fraction of sp³-hybridized carbons (Fsp3) is 0.257. The average molecular weight is 555 g/mol. The van der Waals surface area contributed by atoms with Crippen molar-refractivity contribution in [1.29, 1.82) is 0 Å². The smallest absolute Gasteiger partial charge is 0.156 e. The summed E-state index contributed by atoms with van der Waals surface area (Å²) in [6.45, 7) is 1.47. The summed E-state index contributed by atoms with van der Waals surface area (Å²) in [5, 5.41) is 0. The Kier molecular flexibility index (Phi) is 10.7. The SMILES string of the molecule is F/C=C1\O[C@H](COCc2ccccc2)[C@@H](OCc2ccccc2)[C@H](OCc2ccccc2)[C@H]1OCc1ccccc1. The standard InChI is InChI=1S/C35H35FO5/c36-21-31-33(38-23-28-15-7-2-8-16-28)35(40-25-30-19-11-4-12-20-30)34(39-24-29-17-9-3-10-18-29)32(41-31)26-37-22-27-13-5-1-6-14-27/h1-21,32-35H,22-26H2/b31-21-/t32-,33+,34-,35-/m1/s1. The van der Waals surface area contributed by atoms with Crippen molar-refractivity contribution < 1.29 is 28.1 Å². The lowest BCUT2D eigenvalue weighted by molar-refractivity contribution is -0.224. The maximum atomic E-state index is 14.4. The monoisotopic (exact) mass is 554 g/mol. The molecule has 4 aromatic carbocycles. The van der Waals surface area contributed by atoms with Crippen LogP contribution in [0.4, 0.5) is 4.39 Å². The molecule has 0 N–H and O–H groups in total. The van der Waals surface area contributed by atoms with Crippen LogP contribution < -0.4 is 0 Å². The summed E-state index contributed by atoms with van der Waals surface area (Å²) in [6, 6.07) is 39.4. The molecule has 4 aromatic rings. The van der Waals surface area contributed by atoms with Crippen molar-refractivity contribution in [3.8, 4) is 0 Å². The Bertz CT molecular complexity index is 1320. The third kappa shape index (κ3) is 8.35. The van der Waals surface area contributed by atoms with E-state index < -0.39 is 24.4 Å². The fourth-order valence-electron chi connectivity index (χ4n) is 4.79. The van der Waals surface area contributed by atoms with Gasteiger partial charge in [-0.25, -0.2) is 4.39 Å². The Hall–Kier alpha value is -3.81. The van der Waals surface area contributed by atoms with Crippen LogP contribution in [-0.4, -0.2) is 31.0 Å². The summed E-state index contributed by atoms with van der Waals surface area (Å²) in [7, 11) is 0. The molecule has 6 heteroatoms. The lowest BCUT2D eigenvalue weighted by atomic mass is 9.97. The number of ether oxygens (including phenoxy) is 5. The van der Waals surface area contributed by atoms with Gasteiger partial charge in [-0.3, -0.25) is 0 Å². The van der Waals surface area contributed by atoms with Gasteiger partial charge in [-0.2, -0.15) is 0 Å². The van der Waals surface area contributed by atoms with Gasteiger partial charge >= 0.3 is 0 Å². The Labute approximate surface area is 241 Å². The molecule has 4 atom stereocenters. The molecule has 1 saturated heterocycles. The minimum absolute atomic E-state index is 0.0619. The minimum atomic E-state index is -0.824. The Morgan fingerprint density at radius 2 is 0.951 bits per heavy atom. The summed E-state index contributed by atoms with van der Waals surface area (Å²) in [6.07, 6.45) is -2.24. The van der Waals surface area contributed by atoms with Crippen LogP contribution in [0.3, 0.4) is 0 Å². The van der Waals surface area contributed by atoms with Crippen molar-refractivity contribution >= 4 is 0 Å². The highest BCUT2D eigenvalue weighted by molar-refractivity contribution is 5.18. The van der Waals surface area contributed by atoms with Gasteiger partial charge in [0, 0.05) is 0 Å². The molecule has 1 heterocycles. The van der Waals surface area contributed by atoms with Gasteiger partial charge < -0.3 is 23.7 Å². The first kappa shape index (κ1) is 28.7. The van der Waals surface area contributed by atoms with Crippen molar-refractivity contribution in [2.75, 3.05) is 6.61 Å². The second kappa shape index (κ2) is 15.3. The van der Waals surface area contributed by atoms with Crippen LogP contribution >= 0.6 is 0 Å². The predicted molar refractivity (Wildman–Crippen MR) is 155 cm³/mol. The molecule has 0 amide bonds. The van der Waals surface area contributed by atoms with Crippen LogP contribution in [0.2, 0.25) is 0 Å². The second-order valence-electron chi connectivity index (χ2n) is 9.91. The average Bonchev–Trinajstić information content (AvgIpc) is 3.04. The highest BCUT2D eigenvalue weighted by atomic mass is 19.1. The van der Waals surface area contributed by atoms with Crippen LogP contribution in [0.25, 0.3) is 0 Å². The maximum absolute atomic E-state index is 14.4. The maximum Gasteiger partial charge on any atom is 0.156 e. The lowest BCUT2D eigenvalue weighted by Gasteiger charge is -2.43. The zero-order valence-corrected chi connectivity index (χ0v) is 22.9. The minimum Gasteiger partial charge on any atom is -0.484 e. The van der Waals surface area contributed by atoms with Gasteiger partial charge in [0.15, 0.2) is 11.9 Å². The van der Waals surface area contributed by atoms with E-state index >= 15 is 0 Å². The van der Waals surface area contributed by atoms with Crippen LogP contribution in [0.15, 0.2) is 133 Å². The zero-order chi connectivity index (χ0) is 28.1. The summed E-state index contributed by atoms with van der Waals surface area (Å²) < 4.78 is 46.0. The summed E-state index contributed by atoms with van der Waals surface area (Å²) in [4.78, 5) is 0. The van der Waals surface area contributed by atoms with E-state index in [1.165, 1.54) is 0 Å². The van der Waals surface area contributed by atoms with E-state index in [2.05, 4.69) is 0 Å². The molecule has 41 heavy (non-hydrogen) atoms. The molecule has 1 aliphatic heterocycles. The molecule has 0 aromatic heterocycles. The number of rotatable bonds is 13. The second-order valence-corrected chi connectivity index (χ2v) is 9.91. The molecule has 0 saturated carbocycles. The van der Waals surface area contributed by atoms with E-state index in [4.69, 9.17) is 23.7 Å². The molecule has 5 nitrogen and oxygen atoms in total. The zero-order valence-electron chi connectivity index (χ0n) is 22.9. The molecule has 0 unspecified atom stereocenters. The van der Waals surface area contributed by atoms with Gasteiger partial charge in [-0.1, -0.05) is 121 Å². The van der Waals surface area contributed by atoms with Crippen LogP contribution in [0, 0.1) is 0 Å². The molecule has 5 rings (SSSR count). The number of hydrogen-bond acceptors (Lipinski definition) is 5. The Morgan fingerprint density at radius 1 is 0.537 bits per heavy atom. The Balaban J connectivity index is 1.39. The molecule has 1 aliphatic rings. The molecule has 0 bridgehead atoms. The summed E-state index contributed by atoms with van der Waals surface area (Å²) >= 11 is 0. The normalized spacial score (nSPS) is 21.4.